The van der Waals surface area contributed by atoms with Crippen LogP contribution in [0, 0.1) is 0 Å². The van der Waals surface area contributed by atoms with Gasteiger partial charge < -0.3 is 0 Å². The van der Waals surface area contributed by atoms with Crippen LogP contribution in [-0.2, 0) is 4.79 Å². The summed E-state index contributed by atoms with van der Waals surface area (Å²) >= 11 is 0. The topological polar surface area (TPSA) is 31.2 Å². The van der Waals surface area contributed by atoms with E-state index in [0.717, 1.165) is 19.4 Å². The normalized spacial score (nSPS) is 21.8. The van der Waals surface area contributed by atoms with Crippen LogP contribution in [0.2, 0.25) is 0 Å². The van der Waals surface area contributed by atoms with E-state index in [1.807, 2.05) is 0 Å². The molecule has 0 aliphatic carbocycles. The predicted molar refractivity (Wildman–Crippen MR) is 30.5 cm³/mol. The van der Waals surface area contributed by atoms with Crippen LogP contribution in [0.25, 0.3) is 0 Å². The standard InChI is InChI=1S/C6H10NO/c8-6-4-2-1-3-5-7-6/h1-5H2. The molecule has 0 saturated carbocycles. The number of rotatable bonds is 0. The fourth-order valence-corrected chi connectivity index (χ4v) is 0.848. The number of nitrogens with zero attached hydrogens (tertiary/aromatic N) is 1. The minimum absolute atomic E-state index is 0.0995. The van der Waals surface area contributed by atoms with Crippen molar-refractivity contribution in [2.24, 2.45) is 0 Å². The monoisotopic (exact) mass is 112 g/mol. The zero-order chi connectivity index (χ0) is 5.82. The van der Waals surface area contributed by atoms with E-state index >= 15 is 0 Å². The van der Waals surface area contributed by atoms with Gasteiger partial charge in [-0.2, -0.15) is 0 Å². The van der Waals surface area contributed by atoms with Gasteiger partial charge in [0.2, 0.25) is 5.91 Å². The Kier molecular flexibility index (Phi) is 1.89. The van der Waals surface area contributed by atoms with Crippen LogP contribution in [0.3, 0.4) is 0 Å². The molecule has 1 radical (unpaired) electrons. The Hall–Kier alpha value is -0.530. The SMILES string of the molecule is O=C1CCCCC[N]1. The summed E-state index contributed by atoms with van der Waals surface area (Å²) in [6.07, 6.45) is 4.00. The summed E-state index contributed by atoms with van der Waals surface area (Å²) in [6, 6.07) is 0. The van der Waals surface area contributed by atoms with Gasteiger partial charge in [0.25, 0.3) is 0 Å². The zero-order valence-electron chi connectivity index (χ0n) is 4.89. The van der Waals surface area contributed by atoms with Gasteiger partial charge in [-0.15, -0.1) is 0 Å². The molecule has 1 aliphatic heterocycles. The zero-order valence-corrected chi connectivity index (χ0v) is 4.89. The molecular formula is C6H10NO. The molecule has 1 amide bonds. The van der Waals surface area contributed by atoms with Gasteiger partial charge in [-0.25, -0.2) is 0 Å². The van der Waals surface area contributed by atoms with Gasteiger partial charge in [0.15, 0.2) is 0 Å². The summed E-state index contributed by atoms with van der Waals surface area (Å²) in [6.45, 7) is 0.763. The molecule has 0 aromatic carbocycles. The summed E-state index contributed by atoms with van der Waals surface area (Å²) in [4.78, 5) is 10.5. The minimum Gasteiger partial charge on any atom is -0.273 e. The lowest BCUT2D eigenvalue weighted by Crippen LogP contribution is -2.12. The molecule has 2 heteroatoms. The Labute approximate surface area is 49.3 Å². The predicted octanol–water partition coefficient (Wildman–Crippen LogP) is 0.691. The Balaban J connectivity index is 2.27. The first-order valence-corrected chi connectivity index (χ1v) is 3.10. The lowest BCUT2D eigenvalue weighted by atomic mass is 10.2. The molecule has 8 heavy (non-hydrogen) atoms. The van der Waals surface area contributed by atoms with Crippen molar-refractivity contribution in [3.8, 4) is 0 Å². The van der Waals surface area contributed by atoms with E-state index in [1.54, 1.807) is 0 Å². The smallest absolute Gasteiger partial charge is 0.241 e. The van der Waals surface area contributed by atoms with E-state index in [9.17, 15) is 4.79 Å². The van der Waals surface area contributed by atoms with Crippen LogP contribution in [0.5, 0.6) is 0 Å². The van der Waals surface area contributed by atoms with Crippen LogP contribution in [-0.4, -0.2) is 12.5 Å². The molecule has 0 unspecified atom stereocenters. The van der Waals surface area contributed by atoms with Crippen molar-refractivity contribution in [3.05, 3.63) is 0 Å². The first-order chi connectivity index (χ1) is 3.89. The number of carbonyl (C=O) groups excluding carboxylic acids is 1. The van der Waals surface area contributed by atoms with E-state index in [0.29, 0.717) is 6.42 Å². The maximum Gasteiger partial charge on any atom is 0.241 e. The van der Waals surface area contributed by atoms with E-state index in [1.165, 1.54) is 6.42 Å². The van der Waals surface area contributed by atoms with Crippen molar-refractivity contribution >= 4 is 5.91 Å². The molecule has 45 valence electrons. The molecule has 0 bridgehead atoms. The number of hydrogen-bond acceptors (Lipinski definition) is 1. The molecular weight excluding hydrogens is 102 g/mol. The number of carbonyl (C=O) groups is 1. The highest BCUT2D eigenvalue weighted by atomic mass is 16.1. The van der Waals surface area contributed by atoms with Gasteiger partial charge in [0.1, 0.15) is 0 Å². The molecule has 1 rings (SSSR count). The van der Waals surface area contributed by atoms with Crippen LogP contribution in [0.15, 0.2) is 0 Å². The number of amides is 1. The summed E-state index contributed by atoms with van der Waals surface area (Å²) in [5.74, 6) is 0.0995. The second kappa shape index (κ2) is 2.70. The minimum atomic E-state index is 0.0995. The Morgan fingerprint density at radius 3 is 3.00 bits per heavy atom. The molecule has 0 aromatic rings. The summed E-state index contributed by atoms with van der Waals surface area (Å²) < 4.78 is 0. The molecule has 0 spiro atoms. The average molecular weight is 112 g/mol. The molecule has 0 atom stereocenters. The third-order valence-corrected chi connectivity index (χ3v) is 1.34. The molecule has 0 N–H and O–H groups in total. The van der Waals surface area contributed by atoms with E-state index in [4.69, 9.17) is 0 Å². The highest BCUT2D eigenvalue weighted by Crippen LogP contribution is 2.03. The van der Waals surface area contributed by atoms with Crippen molar-refractivity contribution in [2.75, 3.05) is 6.54 Å². The van der Waals surface area contributed by atoms with Gasteiger partial charge in [-0.1, -0.05) is 6.42 Å². The Morgan fingerprint density at radius 1 is 1.25 bits per heavy atom. The van der Waals surface area contributed by atoms with Crippen LogP contribution in [0.4, 0.5) is 0 Å². The lowest BCUT2D eigenvalue weighted by Gasteiger charge is -1.89. The van der Waals surface area contributed by atoms with Gasteiger partial charge in [-0.05, 0) is 12.8 Å². The van der Waals surface area contributed by atoms with Crippen molar-refractivity contribution < 1.29 is 4.79 Å². The molecule has 1 aliphatic rings. The Morgan fingerprint density at radius 2 is 2.12 bits per heavy atom. The van der Waals surface area contributed by atoms with Crippen molar-refractivity contribution in [1.82, 2.24) is 5.32 Å². The summed E-state index contributed by atoms with van der Waals surface area (Å²) in [5.41, 5.74) is 0. The van der Waals surface area contributed by atoms with Crippen molar-refractivity contribution in [2.45, 2.75) is 25.7 Å². The average Bonchev–Trinajstić information content (AvgIpc) is 1.94. The molecule has 1 fully saturated rings. The van der Waals surface area contributed by atoms with Crippen LogP contribution >= 0.6 is 0 Å². The molecule has 1 heterocycles. The second-order valence-corrected chi connectivity index (χ2v) is 2.09. The first-order valence-electron chi connectivity index (χ1n) is 3.10. The first kappa shape index (κ1) is 5.60. The molecule has 0 aromatic heterocycles. The summed E-state index contributed by atoms with van der Waals surface area (Å²) in [7, 11) is 0. The fourth-order valence-electron chi connectivity index (χ4n) is 0.848. The fraction of sp³-hybridized carbons (Fsp3) is 0.833. The lowest BCUT2D eigenvalue weighted by molar-refractivity contribution is -0.121. The third-order valence-electron chi connectivity index (χ3n) is 1.34. The second-order valence-electron chi connectivity index (χ2n) is 2.09. The Bertz CT molecular complexity index is 80.5. The largest absolute Gasteiger partial charge is 0.273 e. The van der Waals surface area contributed by atoms with E-state index in [-0.39, 0.29) is 5.91 Å². The third kappa shape index (κ3) is 1.52. The summed E-state index contributed by atoms with van der Waals surface area (Å²) in [5, 5.41) is 3.78. The van der Waals surface area contributed by atoms with E-state index in [2.05, 4.69) is 5.32 Å². The van der Waals surface area contributed by atoms with Gasteiger partial charge in [0.05, 0.1) is 0 Å². The van der Waals surface area contributed by atoms with Gasteiger partial charge in [0, 0.05) is 13.0 Å². The van der Waals surface area contributed by atoms with Crippen LogP contribution < -0.4 is 5.32 Å². The van der Waals surface area contributed by atoms with E-state index < -0.39 is 0 Å². The maximum absolute atomic E-state index is 10.5. The highest BCUT2D eigenvalue weighted by Gasteiger charge is 2.05. The van der Waals surface area contributed by atoms with Crippen LogP contribution in [0.1, 0.15) is 25.7 Å². The number of hydrogen-bond donors (Lipinski definition) is 0. The molecule has 2 nitrogen and oxygen atoms in total. The maximum atomic E-state index is 10.5. The van der Waals surface area contributed by atoms with Gasteiger partial charge in [-0.3, -0.25) is 10.1 Å². The van der Waals surface area contributed by atoms with Crippen molar-refractivity contribution in [3.63, 3.8) is 0 Å². The van der Waals surface area contributed by atoms with Crippen molar-refractivity contribution in [1.29, 1.82) is 0 Å². The van der Waals surface area contributed by atoms with Gasteiger partial charge >= 0.3 is 0 Å². The molecule has 1 saturated heterocycles. The quantitative estimate of drug-likeness (QED) is 0.453. The highest BCUT2D eigenvalue weighted by molar-refractivity contribution is 5.75.